The highest BCUT2D eigenvalue weighted by Gasteiger charge is 2.23. The van der Waals surface area contributed by atoms with E-state index in [0.29, 0.717) is 133 Å². The Balaban J connectivity index is 0.000000156. The molecular formula is C74H83N27O16S3. The van der Waals surface area contributed by atoms with Crippen molar-refractivity contribution in [3.05, 3.63) is 217 Å². The number of allylic oxidation sites excluding steroid dienone is 4. The second-order valence-electron chi connectivity index (χ2n) is 25.0. The number of ether oxygens (including phenoxy) is 8. The minimum absolute atomic E-state index is 0.160. The second kappa shape index (κ2) is 42.9. The summed E-state index contributed by atoms with van der Waals surface area (Å²) in [5.74, 6) is 7.45. The molecule has 0 radical (unpaired) electrons. The number of nitrogens with zero attached hydrogens (tertiary/aromatic N) is 17. The van der Waals surface area contributed by atoms with E-state index in [1.807, 2.05) is 35.9 Å². The molecule has 0 saturated heterocycles. The largest absolute Gasteiger partial charge is 0.490 e. The number of aromatic amines is 10. The monoisotopic (exact) mass is 1700 g/mol. The molecule has 13 aromatic rings. The molecule has 0 unspecified atom stereocenters. The SMILES string of the molecule is COc1c(C)nc(-c2cscn2)[nH]c1=O.COc1c(C)nc(-c2csnn2)[nH]c1=O.COc1c(C)nc(-c2ncc[nH]2)[nH]c1=O.COc1c(C)nc(-c2nccs2)[nH]c1=O.COc1c(C)nc(-c2ncn[nH]2)[nH]c1=O.COc1c(C)nc(C2=CC=CC2)[nH]c1=O.COc1c(C)nc(C2=CN=NC2)[nH]c1=O.COc1c(C)nc(C2CCCC2)[nH]c1=O. The molecule has 120 heavy (non-hydrogen) atoms. The molecule has 46 heteroatoms. The van der Waals surface area contributed by atoms with Gasteiger partial charge >= 0.3 is 0 Å². The molecule has 628 valence electrons. The first kappa shape index (κ1) is 89.4. The van der Waals surface area contributed by atoms with E-state index in [4.69, 9.17) is 37.9 Å². The number of imidazole rings is 1. The Morgan fingerprint density at radius 2 is 0.842 bits per heavy atom. The second-order valence-corrected chi connectivity index (χ2v) is 27.2. The third-order valence-corrected chi connectivity index (χ3v) is 18.8. The quantitative estimate of drug-likeness (QED) is 0.0449. The summed E-state index contributed by atoms with van der Waals surface area (Å²) >= 11 is 4.08. The van der Waals surface area contributed by atoms with Gasteiger partial charge in [0.2, 0.25) is 46.0 Å². The van der Waals surface area contributed by atoms with Gasteiger partial charge in [-0.2, -0.15) is 15.3 Å². The Labute approximate surface area is 691 Å². The van der Waals surface area contributed by atoms with E-state index in [9.17, 15) is 38.4 Å². The van der Waals surface area contributed by atoms with Gasteiger partial charge in [-0.3, -0.25) is 43.5 Å². The molecule has 13 aromatic heterocycles. The van der Waals surface area contributed by atoms with Crippen LogP contribution < -0.4 is 82.4 Å². The van der Waals surface area contributed by atoms with Crippen molar-refractivity contribution in [1.29, 1.82) is 0 Å². The Morgan fingerprint density at radius 3 is 1.22 bits per heavy atom. The molecule has 0 aromatic carbocycles. The Kier molecular flexibility index (Phi) is 31.9. The van der Waals surface area contributed by atoms with E-state index < -0.39 is 0 Å². The number of hydrogen-bond acceptors (Lipinski definition) is 36. The molecule has 1 fully saturated rings. The standard InChI is InChI=1S/C11H16N2O2.C11H12N2O2.2C9H10N4O2.2C9H9N3O2S.C8H9N5O2.C8H8N4O2S/c2*1-7-9(15-2)11(14)13-10(12-7)8-5-3-4-6-8;1-5-7(15-2)9(14)13-8(12-5)6-3-10-11-4-6;1-5-6(15-2)9(14)13-8(12-5)7-10-3-4-11-7;1-5-7(14-2)9(13)12-8(11-5)6-3-15-4-10-6;1-5-6(14-2)8(13)12-7(11-5)9-10-3-4-15-9;1-4-5(15-2)8(14)12-7(11-4)6-9-3-10-13-6;1-4-6(14-2)8(13)10-7(9-4)5-3-15-12-11-5/h8H,3-6H2,1-2H3,(H,12,13,14);3-5H,6H2,1-2H3,(H,12,13,14);3H,4H2,1-2H3,(H,12,13,14);3-4H,1-2H3,(H,10,11)(H,12,13,14);2*3-4H,1-2H3,(H,11,12,13);3H,1-2H3,(H,9,10,13)(H,11,12,14);3H,1-2H3,(H,9,10,13). The summed E-state index contributed by atoms with van der Waals surface area (Å²) in [5, 5.41) is 23.7. The van der Waals surface area contributed by atoms with Gasteiger partial charge in [0.15, 0.2) is 45.8 Å². The van der Waals surface area contributed by atoms with Gasteiger partial charge in [-0.25, -0.2) is 59.8 Å². The van der Waals surface area contributed by atoms with Crippen LogP contribution in [0.3, 0.4) is 0 Å². The predicted octanol–water partition coefficient (Wildman–Crippen LogP) is 7.44. The van der Waals surface area contributed by atoms with Crippen molar-refractivity contribution in [3.8, 4) is 103 Å². The van der Waals surface area contributed by atoms with Crippen molar-refractivity contribution in [2.45, 2.75) is 93.4 Å². The van der Waals surface area contributed by atoms with Gasteiger partial charge in [0, 0.05) is 46.2 Å². The average molecular weight is 1700 g/mol. The van der Waals surface area contributed by atoms with Gasteiger partial charge < -0.3 is 82.8 Å². The van der Waals surface area contributed by atoms with E-state index in [-0.39, 0.29) is 84.7 Å². The fourth-order valence-electron chi connectivity index (χ4n) is 11.5. The smallest absolute Gasteiger partial charge is 0.293 e. The summed E-state index contributed by atoms with van der Waals surface area (Å²) in [5.41, 5.74) is 7.10. The lowest BCUT2D eigenvalue weighted by atomic mass is 10.1. The topological polar surface area (TPSA) is 586 Å². The van der Waals surface area contributed by atoms with Gasteiger partial charge in [-0.05, 0) is 91.8 Å². The predicted molar refractivity (Wildman–Crippen MR) is 444 cm³/mol. The molecule has 1 saturated carbocycles. The highest BCUT2D eigenvalue weighted by molar-refractivity contribution is 7.13. The molecule has 0 bridgehead atoms. The zero-order chi connectivity index (χ0) is 86.7. The van der Waals surface area contributed by atoms with Crippen molar-refractivity contribution in [3.63, 3.8) is 0 Å². The van der Waals surface area contributed by atoms with E-state index in [2.05, 4.69) is 135 Å². The molecule has 2 aliphatic carbocycles. The number of azo groups is 1. The summed E-state index contributed by atoms with van der Waals surface area (Å²) in [7, 11) is 11.6. The number of aromatic nitrogens is 25. The van der Waals surface area contributed by atoms with Gasteiger partial charge in [0.05, 0.1) is 121 Å². The van der Waals surface area contributed by atoms with E-state index in [0.717, 1.165) is 36.2 Å². The highest BCUT2D eigenvalue weighted by Crippen LogP contribution is 2.32. The normalized spacial score (nSPS) is 12.1. The van der Waals surface area contributed by atoms with Crippen LogP contribution in [0.25, 0.3) is 68.3 Å². The fourth-order valence-corrected chi connectivity index (χ4v) is 13.0. The zero-order valence-corrected chi connectivity index (χ0v) is 70.1. The van der Waals surface area contributed by atoms with Crippen LogP contribution in [0.2, 0.25) is 0 Å². The van der Waals surface area contributed by atoms with E-state index in [1.54, 1.807) is 84.1 Å². The van der Waals surface area contributed by atoms with Gasteiger partial charge in [-0.1, -0.05) is 35.6 Å². The van der Waals surface area contributed by atoms with Crippen LogP contribution in [-0.2, 0) is 0 Å². The number of thiazole rings is 2. The van der Waals surface area contributed by atoms with E-state index in [1.165, 1.54) is 110 Å². The van der Waals surface area contributed by atoms with Crippen molar-refractivity contribution >= 4 is 45.4 Å². The lowest BCUT2D eigenvalue weighted by Gasteiger charge is -2.10. The van der Waals surface area contributed by atoms with Crippen LogP contribution >= 0.6 is 34.2 Å². The summed E-state index contributed by atoms with van der Waals surface area (Å²) in [4.78, 5) is 166. The maximum Gasteiger partial charge on any atom is 0.293 e. The van der Waals surface area contributed by atoms with Crippen molar-refractivity contribution in [1.82, 2.24) is 124 Å². The fraction of sp³-hybridized carbons (Fsp3) is 0.311. The summed E-state index contributed by atoms with van der Waals surface area (Å²) < 4.78 is 43.1. The number of rotatable bonds is 16. The van der Waals surface area contributed by atoms with Crippen LogP contribution in [0.5, 0.6) is 46.0 Å². The van der Waals surface area contributed by atoms with Crippen LogP contribution in [0.4, 0.5) is 0 Å². The maximum absolute atomic E-state index is 11.6. The zero-order valence-electron chi connectivity index (χ0n) is 67.6. The molecule has 14 heterocycles. The first-order valence-corrected chi connectivity index (χ1v) is 38.5. The van der Waals surface area contributed by atoms with Crippen molar-refractivity contribution in [2.24, 2.45) is 10.2 Å². The Morgan fingerprint density at radius 1 is 0.417 bits per heavy atom. The van der Waals surface area contributed by atoms with E-state index >= 15 is 0 Å². The number of nitrogens with one attached hydrogen (secondary N) is 10. The number of H-pyrrole nitrogens is 10. The highest BCUT2D eigenvalue weighted by atomic mass is 32.1. The van der Waals surface area contributed by atoms with Crippen LogP contribution in [0.1, 0.15) is 101 Å². The molecule has 16 rings (SSSR count). The molecular weight excluding hydrogens is 1620 g/mol. The van der Waals surface area contributed by atoms with Gasteiger partial charge in [0.25, 0.3) is 44.5 Å². The number of aryl methyl sites for hydroxylation is 8. The lowest BCUT2D eigenvalue weighted by molar-refractivity contribution is 0.400. The van der Waals surface area contributed by atoms with Crippen molar-refractivity contribution < 1.29 is 37.9 Å². The molecule has 0 amide bonds. The Hall–Kier alpha value is -14.6. The summed E-state index contributed by atoms with van der Waals surface area (Å²) in [6.45, 7) is 14.3. The van der Waals surface area contributed by atoms with Crippen LogP contribution in [-0.4, -0.2) is 188 Å². The minimum Gasteiger partial charge on any atom is -0.490 e. The Bertz CT molecular complexity index is 5600. The first-order valence-electron chi connectivity index (χ1n) is 35.8. The summed E-state index contributed by atoms with van der Waals surface area (Å²) in [6.07, 6.45) is 19.3. The molecule has 43 nitrogen and oxygen atoms in total. The summed E-state index contributed by atoms with van der Waals surface area (Å²) in [6, 6.07) is 0. The van der Waals surface area contributed by atoms with Gasteiger partial charge in [0.1, 0.15) is 35.2 Å². The first-order chi connectivity index (χ1) is 57.8. The van der Waals surface area contributed by atoms with Crippen LogP contribution in [0.15, 0.2) is 120 Å². The number of hydrogen-bond donors (Lipinski definition) is 10. The molecule has 0 spiro atoms. The maximum atomic E-state index is 11.6. The molecule has 0 atom stereocenters. The van der Waals surface area contributed by atoms with Gasteiger partial charge in [-0.15, -0.1) is 27.8 Å². The van der Waals surface area contributed by atoms with Crippen molar-refractivity contribution in [2.75, 3.05) is 63.4 Å². The molecule has 1 aliphatic heterocycles. The van der Waals surface area contributed by atoms with Crippen LogP contribution in [0, 0.1) is 55.4 Å². The third kappa shape index (κ3) is 23.0. The third-order valence-electron chi connectivity index (χ3n) is 17.0. The average Bonchev–Trinajstić information content (AvgIpc) is 1.73. The molecule has 3 aliphatic rings. The minimum atomic E-state index is -0.337. The lowest BCUT2D eigenvalue weighted by Crippen LogP contribution is -2.17. The molecule has 10 N–H and O–H groups in total. The number of methoxy groups -OCH3 is 8.